The Kier molecular flexibility index (Phi) is 6.49. The van der Waals surface area contributed by atoms with Gasteiger partial charge >= 0.3 is 0 Å². The maximum atomic E-state index is 12.7. The molecule has 0 saturated carbocycles. The van der Waals surface area contributed by atoms with Gasteiger partial charge in [-0.05, 0) is 56.4 Å². The molecule has 152 valence electrons. The minimum absolute atomic E-state index is 0.0155. The minimum atomic E-state index is -3.50. The van der Waals surface area contributed by atoms with E-state index >= 15 is 0 Å². The highest BCUT2D eigenvalue weighted by Gasteiger charge is 2.34. The van der Waals surface area contributed by atoms with Gasteiger partial charge in [0, 0.05) is 24.7 Å². The molecule has 1 unspecified atom stereocenters. The van der Waals surface area contributed by atoms with Gasteiger partial charge in [0.2, 0.25) is 5.91 Å². The van der Waals surface area contributed by atoms with Gasteiger partial charge in [-0.25, -0.2) is 8.42 Å². The molecule has 1 amide bonds. The Labute approximate surface area is 175 Å². The molecule has 8 heteroatoms. The number of rotatable bonds is 5. The first-order chi connectivity index (χ1) is 13.2. The lowest BCUT2D eigenvalue weighted by atomic mass is 9.85. The molecule has 0 radical (unpaired) electrons. The predicted octanol–water partition coefficient (Wildman–Crippen LogP) is 4.69. The second-order valence-corrected chi connectivity index (χ2v) is 11.3. The van der Waals surface area contributed by atoms with Gasteiger partial charge in [0.25, 0.3) is 10.0 Å². The number of amides is 1. The molecule has 1 aromatic carbocycles. The maximum absolute atomic E-state index is 12.7. The third kappa shape index (κ3) is 4.59. The van der Waals surface area contributed by atoms with Crippen molar-refractivity contribution in [2.75, 3.05) is 18.4 Å². The lowest BCUT2D eigenvalue weighted by molar-refractivity contribution is -0.121. The van der Waals surface area contributed by atoms with Crippen molar-refractivity contribution in [1.82, 2.24) is 4.31 Å². The predicted molar refractivity (Wildman–Crippen MR) is 115 cm³/mol. The zero-order valence-corrected chi connectivity index (χ0v) is 18.6. The molecule has 1 aliphatic rings. The lowest BCUT2D eigenvalue weighted by Crippen LogP contribution is -2.41. The standard InChI is InChI=1S/C20H25ClN2O3S2/c1-13-4-5-17(14(2)12-13)22-20(24)15(3)16-8-10-23(11-9-16)28(25,26)19-7-6-18(21)27-19/h4-7,12,15-16H,8-11H2,1-3H3,(H,22,24). The number of thiophene rings is 1. The average Bonchev–Trinajstić information content (AvgIpc) is 3.10. The second kappa shape index (κ2) is 8.53. The molecule has 2 heterocycles. The molecule has 28 heavy (non-hydrogen) atoms. The van der Waals surface area contributed by atoms with E-state index in [0.717, 1.165) is 28.2 Å². The van der Waals surface area contributed by atoms with Crippen LogP contribution in [0.3, 0.4) is 0 Å². The molecule has 5 nitrogen and oxygen atoms in total. The number of carbonyl (C=O) groups excluding carboxylic acids is 1. The number of nitrogens with one attached hydrogen (secondary N) is 1. The van der Waals surface area contributed by atoms with Gasteiger partial charge in [0.05, 0.1) is 4.34 Å². The third-order valence-corrected chi connectivity index (χ3v) is 9.00. The van der Waals surface area contributed by atoms with Crippen molar-refractivity contribution in [3.05, 3.63) is 45.8 Å². The van der Waals surface area contributed by atoms with E-state index in [1.165, 1.54) is 4.31 Å². The van der Waals surface area contributed by atoms with Crippen molar-refractivity contribution < 1.29 is 13.2 Å². The molecular formula is C20H25ClN2O3S2. The van der Waals surface area contributed by atoms with Crippen molar-refractivity contribution in [2.24, 2.45) is 11.8 Å². The highest BCUT2D eigenvalue weighted by Crippen LogP contribution is 2.32. The van der Waals surface area contributed by atoms with Crippen molar-refractivity contribution in [3.63, 3.8) is 0 Å². The van der Waals surface area contributed by atoms with Crippen molar-refractivity contribution >= 4 is 44.6 Å². The first-order valence-corrected chi connectivity index (χ1v) is 12.0. The Morgan fingerprint density at radius 2 is 1.89 bits per heavy atom. The fourth-order valence-corrected chi connectivity index (χ4v) is 6.70. The van der Waals surface area contributed by atoms with Gasteiger partial charge < -0.3 is 5.32 Å². The number of nitrogens with zero attached hydrogens (tertiary/aromatic N) is 1. The molecule has 1 saturated heterocycles. The Morgan fingerprint density at radius 3 is 2.46 bits per heavy atom. The first kappa shape index (κ1) is 21.3. The van der Waals surface area contributed by atoms with E-state index in [4.69, 9.17) is 11.6 Å². The SMILES string of the molecule is Cc1ccc(NC(=O)C(C)C2CCN(S(=O)(=O)c3ccc(Cl)s3)CC2)c(C)c1. The van der Waals surface area contributed by atoms with E-state index in [1.54, 1.807) is 12.1 Å². The second-order valence-electron chi connectivity index (χ2n) is 7.40. The lowest BCUT2D eigenvalue weighted by Gasteiger charge is -2.33. The monoisotopic (exact) mass is 440 g/mol. The number of benzene rings is 1. The molecular weight excluding hydrogens is 416 g/mol. The summed E-state index contributed by atoms with van der Waals surface area (Å²) < 4.78 is 27.7. The molecule has 1 fully saturated rings. The van der Waals surface area contributed by atoms with E-state index in [2.05, 4.69) is 5.32 Å². The normalized spacial score (nSPS) is 17.4. The fraction of sp³-hybridized carbons (Fsp3) is 0.450. The van der Waals surface area contributed by atoms with Crippen LogP contribution in [-0.4, -0.2) is 31.7 Å². The fourth-order valence-electron chi connectivity index (χ4n) is 3.59. The minimum Gasteiger partial charge on any atom is -0.326 e. The number of hydrogen-bond donors (Lipinski definition) is 1. The van der Waals surface area contributed by atoms with Crippen LogP contribution >= 0.6 is 22.9 Å². The van der Waals surface area contributed by atoms with E-state index in [9.17, 15) is 13.2 Å². The summed E-state index contributed by atoms with van der Waals surface area (Å²) in [6.07, 6.45) is 1.33. The number of piperidine rings is 1. The number of halogens is 1. The van der Waals surface area contributed by atoms with E-state index in [1.807, 2.05) is 39.0 Å². The van der Waals surface area contributed by atoms with Crippen LogP contribution < -0.4 is 5.32 Å². The zero-order chi connectivity index (χ0) is 20.5. The summed E-state index contributed by atoms with van der Waals surface area (Å²) in [7, 11) is -3.50. The topological polar surface area (TPSA) is 66.5 Å². The molecule has 1 aromatic heterocycles. The summed E-state index contributed by atoms with van der Waals surface area (Å²) in [6, 6.07) is 9.10. The van der Waals surface area contributed by atoms with Gasteiger partial charge in [0.15, 0.2) is 0 Å². The van der Waals surface area contributed by atoms with Crippen molar-refractivity contribution in [2.45, 2.75) is 37.8 Å². The number of hydrogen-bond acceptors (Lipinski definition) is 4. The molecule has 0 aliphatic carbocycles. The Hall–Kier alpha value is -1.41. The summed E-state index contributed by atoms with van der Waals surface area (Å²) in [6.45, 7) is 6.76. The summed E-state index contributed by atoms with van der Waals surface area (Å²) in [5.74, 6) is -0.0378. The van der Waals surface area contributed by atoms with Gasteiger partial charge in [-0.1, -0.05) is 36.2 Å². The van der Waals surface area contributed by atoms with Gasteiger partial charge in [-0.15, -0.1) is 11.3 Å². The zero-order valence-electron chi connectivity index (χ0n) is 16.2. The van der Waals surface area contributed by atoms with Crippen LogP contribution in [0, 0.1) is 25.7 Å². The smallest absolute Gasteiger partial charge is 0.252 e. The number of sulfonamides is 1. The Bertz CT molecular complexity index is 964. The summed E-state index contributed by atoms with van der Waals surface area (Å²) in [5, 5.41) is 3.02. The number of anilines is 1. The molecule has 1 atom stereocenters. The first-order valence-electron chi connectivity index (χ1n) is 9.32. The summed E-state index contributed by atoms with van der Waals surface area (Å²) in [4.78, 5) is 12.7. The molecule has 1 N–H and O–H groups in total. The molecule has 0 spiro atoms. The largest absolute Gasteiger partial charge is 0.326 e. The van der Waals surface area contributed by atoms with Crippen LogP contribution in [0.2, 0.25) is 4.34 Å². The van der Waals surface area contributed by atoms with E-state index < -0.39 is 10.0 Å². The van der Waals surface area contributed by atoms with Crippen LogP contribution in [0.4, 0.5) is 5.69 Å². The Morgan fingerprint density at radius 1 is 1.21 bits per heavy atom. The van der Waals surface area contributed by atoms with Crippen LogP contribution in [0.5, 0.6) is 0 Å². The van der Waals surface area contributed by atoms with Crippen LogP contribution in [0.1, 0.15) is 30.9 Å². The summed E-state index contributed by atoms with van der Waals surface area (Å²) >= 11 is 6.96. The molecule has 1 aliphatic heterocycles. The van der Waals surface area contributed by atoms with Crippen LogP contribution in [-0.2, 0) is 14.8 Å². The van der Waals surface area contributed by atoms with Gasteiger partial charge in [-0.2, -0.15) is 4.31 Å². The van der Waals surface area contributed by atoms with Gasteiger partial charge in [0.1, 0.15) is 4.21 Å². The molecule has 3 rings (SSSR count). The Balaban J connectivity index is 1.60. The summed E-state index contributed by atoms with van der Waals surface area (Å²) in [5.41, 5.74) is 3.03. The average molecular weight is 441 g/mol. The third-order valence-electron chi connectivity index (χ3n) is 5.40. The quantitative estimate of drug-likeness (QED) is 0.733. The highest BCUT2D eigenvalue weighted by molar-refractivity contribution is 7.91. The van der Waals surface area contributed by atoms with E-state index in [0.29, 0.717) is 30.3 Å². The number of carbonyl (C=O) groups is 1. The molecule has 2 aromatic rings. The highest BCUT2D eigenvalue weighted by atomic mass is 35.5. The van der Waals surface area contributed by atoms with Crippen LogP contribution in [0.25, 0.3) is 0 Å². The van der Waals surface area contributed by atoms with Crippen molar-refractivity contribution in [3.8, 4) is 0 Å². The number of aryl methyl sites for hydroxylation is 2. The van der Waals surface area contributed by atoms with Crippen molar-refractivity contribution in [1.29, 1.82) is 0 Å². The maximum Gasteiger partial charge on any atom is 0.252 e. The van der Waals surface area contributed by atoms with E-state index in [-0.39, 0.29) is 22.0 Å². The molecule has 0 bridgehead atoms. The van der Waals surface area contributed by atoms with Gasteiger partial charge in [-0.3, -0.25) is 4.79 Å². The van der Waals surface area contributed by atoms with Crippen LogP contribution in [0.15, 0.2) is 34.5 Å².